The molecule has 0 aliphatic carbocycles. The number of fused-ring (bicyclic) bond motifs is 2. The number of aryl methyl sites for hydroxylation is 1. The highest BCUT2D eigenvalue weighted by Gasteiger charge is 2.22. The number of nitrogens with one attached hydrogen (secondary N) is 3. The molecule has 30 heavy (non-hydrogen) atoms. The minimum Gasteiger partial charge on any atom is -0.377 e. The van der Waals surface area contributed by atoms with E-state index >= 15 is 0 Å². The van der Waals surface area contributed by atoms with E-state index in [4.69, 9.17) is 9.73 Å². The maximum Gasteiger partial charge on any atom is 0.191 e. The number of rotatable bonds is 7. The number of guanidine groups is 1. The maximum absolute atomic E-state index is 13.4. The van der Waals surface area contributed by atoms with Gasteiger partial charge in [-0.2, -0.15) is 5.10 Å². The number of aliphatic imine (C=N–C) groups is 1. The number of ether oxygens (including phenoxy) is 1. The van der Waals surface area contributed by atoms with E-state index < -0.39 is 0 Å². The number of halogens is 1. The number of aromatic nitrogens is 4. The Morgan fingerprint density at radius 2 is 2.33 bits per heavy atom. The molecule has 160 valence electrons. The Hall–Kier alpha value is -2.94. The van der Waals surface area contributed by atoms with E-state index in [0.29, 0.717) is 13.2 Å². The van der Waals surface area contributed by atoms with Crippen LogP contribution in [0.1, 0.15) is 30.6 Å². The van der Waals surface area contributed by atoms with Gasteiger partial charge in [0, 0.05) is 49.8 Å². The van der Waals surface area contributed by atoms with Gasteiger partial charge < -0.3 is 20.4 Å². The van der Waals surface area contributed by atoms with Crippen molar-refractivity contribution in [2.45, 2.75) is 45.4 Å². The molecule has 0 amide bonds. The smallest absolute Gasteiger partial charge is 0.191 e. The Morgan fingerprint density at radius 1 is 1.43 bits per heavy atom. The molecule has 3 heterocycles. The molecule has 3 aromatic rings. The molecule has 0 fully saturated rings. The average molecular weight is 414 g/mol. The van der Waals surface area contributed by atoms with Crippen molar-refractivity contribution < 1.29 is 9.13 Å². The van der Waals surface area contributed by atoms with E-state index in [1.54, 1.807) is 7.11 Å². The van der Waals surface area contributed by atoms with Crippen molar-refractivity contribution in [3.8, 4) is 0 Å². The first-order valence-electron chi connectivity index (χ1n) is 10.4. The Kier molecular flexibility index (Phi) is 6.27. The zero-order valence-electron chi connectivity index (χ0n) is 17.4. The molecule has 0 bridgehead atoms. The summed E-state index contributed by atoms with van der Waals surface area (Å²) in [5.74, 6) is 2.31. The third-order valence-corrected chi connectivity index (χ3v) is 5.24. The first-order chi connectivity index (χ1) is 14.7. The van der Waals surface area contributed by atoms with Crippen LogP contribution in [0.15, 0.2) is 29.4 Å². The van der Waals surface area contributed by atoms with Crippen LogP contribution in [0.3, 0.4) is 0 Å². The number of H-pyrrole nitrogens is 1. The molecule has 1 aliphatic rings. The van der Waals surface area contributed by atoms with Gasteiger partial charge in [-0.25, -0.2) is 14.1 Å². The van der Waals surface area contributed by atoms with Gasteiger partial charge in [0.05, 0.1) is 6.54 Å². The molecule has 9 heteroatoms. The van der Waals surface area contributed by atoms with E-state index in [9.17, 15) is 4.39 Å². The molecule has 0 saturated carbocycles. The Bertz CT molecular complexity index is 1030. The highest BCUT2D eigenvalue weighted by molar-refractivity contribution is 5.83. The fraction of sp³-hybridized carbons (Fsp3) is 0.476. The summed E-state index contributed by atoms with van der Waals surface area (Å²) < 4.78 is 20.5. The lowest BCUT2D eigenvalue weighted by atomic mass is 10.1. The SMILES string of the molecule is CCNC(=NCCc1c[nH]c2cc(F)ccc12)NC1CCc2nc(COC)nn2C1. The second-order valence-corrected chi connectivity index (χ2v) is 7.45. The molecular weight excluding hydrogens is 385 g/mol. The van der Waals surface area contributed by atoms with Gasteiger partial charge in [0.15, 0.2) is 11.8 Å². The molecule has 1 unspecified atom stereocenters. The third kappa shape index (κ3) is 4.62. The lowest BCUT2D eigenvalue weighted by Crippen LogP contribution is -2.47. The summed E-state index contributed by atoms with van der Waals surface area (Å²) in [6.45, 7) is 4.67. The van der Waals surface area contributed by atoms with Crippen LogP contribution in [0.4, 0.5) is 4.39 Å². The first-order valence-corrected chi connectivity index (χ1v) is 10.4. The van der Waals surface area contributed by atoms with E-state index in [2.05, 4.69) is 32.6 Å². The molecule has 1 aromatic carbocycles. The van der Waals surface area contributed by atoms with Crippen molar-refractivity contribution in [3.63, 3.8) is 0 Å². The highest BCUT2D eigenvalue weighted by atomic mass is 19.1. The predicted molar refractivity (Wildman–Crippen MR) is 114 cm³/mol. The highest BCUT2D eigenvalue weighted by Crippen LogP contribution is 2.19. The first kappa shape index (κ1) is 20.3. The van der Waals surface area contributed by atoms with E-state index in [1.807, 2.05) is 16.9 Å². The monoisotopic (exact) mass is 413 g/mol. The van der Waals surface area contributed by atoms with Gasteiger partial charge in [-0.3, -0.25) is 4.99 Å². The molecule has 1 aliphatic heterocycles. The molecule has 0 radical (unpaired) electrons. The minimum atomic E-state index is -0.232. The van der Waals surface area contributed by atoms with Crippen LogP contribution in [0.25, 0.3) is 10.9 Å². The van der Waals surface area contributed by atoms with Crippen LogP contribution in [-0.4, -0.2) is 51.9 Å². The van der Waals surface area contributed by atoms with Gasteiger partial charge in [0.2, 0.25) is 0 Å². The number of methoxy groups -OCH3 is 1. The zero-order chi connectivity index (χ0) is 20.9. The van der Waals surface area contributed by atoms with E-state index in [1.165, 1.54) is 12.1 Å². The van der Waals surface area contributed by atoms with Crippen molar-refractivity contribution in [1.82, 2.24) is 30.4 Å². The summed E-state index contributed by atoms with van der Waals surface area (Å²) in [4.78, 5) is 12.4. The summed E-state index contributed by atoms with van der Waals surface area (Å²) in [7, 11) is 1.65. The molecule has 1 atom stereocenters. The number of benzene rings is 1. The molecule has 2 aromatic heterocycles. The average Bonchev–Trinajstić information content (AvgIpc) is 3.31. The van der Waals surface area contributed by atoms with Gasteiger partial charge in [-0.05, 0) is 43.5 Å². The quantitative estimate of drug-likeness (QED) is 0.408. The normalized spacial score (nSPS) is 16.6. The van der Waals surface area contributed by atoms with Crippen molar-refractivity contribution in [3.05, 3.63) is 47.4 Å². The summed E-state index contributed by atoms with van der Waals surface area (Å²) in [5.41, 5.74) is 1.96. The Morgan fingerprint density at radius 3 is 3.17 bits per heavy atom. The van der Waals surface area contributed by atoms with E-state index in [-0.39, 0.29) is 11.9 Å². The van der Waals surface area contributed by atoms with Crippen LogP contribution in [0, 0.1) is 5.82 Å². The molecule has 3 N–H and O–H groups in total. The standard InChI is InChI=1S/C21H28FN7O/c1-3-23-21(24-9-8-14-11-25-18-10-15(22)4-6-17(14)18)26-16-5-7-20-27-19(13-30-2)28-29(20)12-16/h4,6,10-11,16,25H,3,5,7-9,12-13H2,1-2H3,(H2,23,24,26). The Labute approximate surface area is 174 Å². The van der Waals surface area contributed by atoms with Gasteiger partial charge in [0.1, 0.15) is 18.2 Å². The topological polar surface area (TPSA) is 92.2 Å². The van der Waals surface area contributed by atoms with Crippen molar-refractivity contribution in [2.75, 3.05) is 20.2 Å². The summed E-state index contributed by atoms with van der Waals surface area (Å²) in [6.07, 6.45) is 4.56. The second-order valence-electron chi connectivity index (χ2n) is 7.45. The van der Waals surface area contributed by atoms with Crippen LogP contribution in [-0.2, 0) is 30.7 Å². The fourth-order valence-corrected chi connectivity index (χ4v) is 3.84. The van der Waals surface area contributed by atoms with Crippen LogP contribution in [0.2, 0.25) is 0 Å². The van der Waals surface area contributed by atoms with Crippen molar-refractivity contribution >= 4 is 16.9 Å². The van der Waals surface area contributed by atoms with E-state index in [0.717, 1.165) is 66.4 Å². The van der Waals surface area contributed by atoms with Gasteiger partial charge in [-0.1, -0.05) is 0 Å². The number of hydrogen-bond donors (Lipinski definition) is 3. The van der Waals surface area contributed by atoms with Gasteiger partial charge >= 0.3 is 0 Å². The summed E-state index contributed by atoms with van der Waals surface area (Å²) >= 11 is 0. The van der Waals surface area contributed by atoms with Crippen molar-refractivity contribution in [1.29, 1.82) is 0 Å². The lowest BCUT2D eigenvalue weighted by Gasteiger charge is -2.25. The van der Waals surface area contributed by atoms with Crippen LogP contribution in [0.5, 0.6) is 0 Å². The Balaban J connectivity index is 1.37. The molecule has 4 rings (SSSR count). The van der Waals surface area contributed by atoms with Gasteiger partial charge in [0.25, 0.3) is 0 Å². The van der Waals surface area contributed by atoms with Crippen LogP contribution >= 0.6 is 0 Å². The number of hydrogen-bond acceptors (Lipinski definition) is 4. The number of aromatic amines is 1. The fourth-order valence-electron chi connectivity index (χ4n) is 3.84. The van der Waals surface area contributed by atoms with Gasteiger partial charge in [-0.15, -0.1) is 0 Å². The molecule has 0 saturated heterocycles. The predicted octanol–water partition coefficient (Wildman–Crippen LogP) is 2.16. The minimum absolute atomic E-state index is 0.232. The molecule has 0 spiro atoms. The lowest BCUT2D eigenvalue weighted by molar-refractivity contribution is 0.177. The summed E-state index contributed by atoms with van der Waals surface area (Å²) in [5, 5.41) is 12.4. The number of nitrogens with zero attached hydrogens (tertiary/aromatic N) is 4. The second kappa shape index (κ2) is 9.25. The zero-order valence-corrected chi connectivity index (χ0v) is 17.4. The largest absolute Gasteiger partial charge is 0.377 e. The van der Waals surface area contributed by atoms with Crippen LogP contribution < -0.4 is 10.6 Å². The summed E-state index contributed by atoms with van der Waals surface area (Å²) in [6, 6.07) is 5.07. The molecule has 8 nitrogen and oxygen atoms in total. The third-order valence-electron chi connectivity index (χ3n) is 5.24. The maximum atomic E-state index is 13.4. The molecular formula is C21H28FN7O. The van der Waals surface area contributed by atoms with Crippen molar-refractivity contribution in [2.24, 2.45) is 4.99 Å².